The number of isocyanates is 1. The molecule has 3 nitrogen and oxygen atoms in total. The van der Waals surface area contributed by atoms with E-state index >= 15 is 0 Å². The molecular weight excluding hydrogens is 166 g/mol. The molecule has 1 rings (SSSR count). The maximum atomic E-state index is 10.2. The standard InChI is InChI=1S/C10H11NO2/c1-7-4-5-8(2)10(13-3)9(7)11-6-12/h4-5H,1-3H3. The smallest absolute Gasteiger partial charge is 0.240 e. The largest absolute Gasteiger partial charge is 0.494 e. The Labute approximate surface area is 77.1 Å². The van der Waals surface area contributed by atoms with E-state index in [-0.39, 0.29) is 0 Å². The second kappa shape index (κ2) is 3.87. The topological polar surface area (TPSA) is 38.7 Å². The van der Waals surface area contributed by atoms with E-state index in [4.69, 9.17) is 4.74 Å². The lowest BCUT2D eigenvalue weighted by Gasteiger charge is -2.08. The Morgan fingerprint density at radius 2 is 1.92 bits per heavy atom. The van der Waals surface area contributed by atoms with Gasteiger partial charge in [0, 0.05) is 0 Å². The van der Waals surface area contributed by atoms with Gasteiger partial charge in [-0.1, -0.05) is 12.1 Å². The number of nitrogens with zero attached hydrogens (tertiary/aromatic N) is 1. The van der Waals surface area contributed by atoms with E-state index in [9.17, 15) is 4.79 Å². The van der Waals surface area contributed by atoms with Gasteiger partial charge in [0.25, 0.3) is 0 Å². The van der Waals surface area contributed by atoms with Gasteiger partial charge in [-0.15, -0.1) is 0 Å². The Kier molecular flexibility index (Phi) is 2.83. The van der Waals surface area contributed by atoms with Crippen molar-refractivity contribution in [1.82, 2.24) is 0 Å². The molecule has 0 atom stereocenters. The molecule has 0 spiro atoms. The van der Waals surface area contributed by atoms with Crippen LogP contribution in [0.3, 0.4) is 0 Å². The molecule has 0 N–H and O–H groups in total. The second-order valence-corrected chi connectivity index (χ2v) is 2.78. The van der Waals surface area contributed by atoms with Crippen LogP contribution >= 0.6 is 0 Å². The average Bonchev–Trinajstić information content (AvgIpc) is 2.12. The zero-order valence-corrected chi connectivity index (χ0v) is 7.92. The van der Waals surface area contributed by atoms with Gasteiger partial charge in [-0.25, -0.2) is 4.79 Å². The number of hydrogen-bond acceptors (Lipinski definition) is 3. The third-order valence-electron chi connectivity index (χ3n) is 1.89. The lowest BCUT2D eigenvalue weighted by atomic mass is 10.1. The van der Waals surface area contributed by atoms with Crippen molar-refractivity contribution in [3.05, 3.63) is 23.3 Å². The van der Waals surface area contributed by atoms with Crippen molar-refractivity contribution < 1.29 is 9.53 Å². The SMILES string of the molecule is COc1c(C)ccc(C)c1N=C=O. The van der Waals surface area contributed by atoms with Crippen molar-refractivity contribution in [1.29, 1.82) is 0 Å². The summed E-state index contributed by atoms with van der Waals surface area (Å²) in [7, 11) is 1.56. The van der Waals surface area contributed by atoms with Crippen LogP contribution in [0.4, 0.5) is 5.69 Å². The number of benzene rings is 1. The van der Waals surface area contributed by atoms with E-state index in [1.165, 1.54) is 6.08 Å². The van der Waals surface area contributed by atoms with E-state index < -0.39 is 0 Å². The first-order chi connectivity index (χ1) is 6.20. The van der Waals surface area contributed by atoms with Crippen molar-refractivity contribution in [3.8, 4) is 5.75 Å². The molecule has 1 aromatic carbocycles. The zero-order chi connectivity index (χ0) is 9.84. The first-order valence-corrected chi connectivity index (χ1v) is 3.92. The monoisotopic (exact) mass is 177 g/mol. The average molecular weight is 177 g/mol. The van der Waals surface area contributed by atoms with Crippen LogP contribution in [0.5, 0.6) is 5.75 Å². The van der Waals surface area contributed by atoms with Crippen LogP contribution < -0.4 is 4.74 Å². The first kappa shape index (κ1) is 9.49. The first-order valence-electron chi connectivity index (χ1n) is 3.92. The molecular formula is C10H11NO2. The summed E-state index contributed by atoms with van der Waals surface area (Å²) in [6.45, 7) is 3.78. The third kappa shape index (κ3) is 1.76. The van der Waals surface area contributed by atoms with Crippen molar-refractivity contribution in [3.63, 3.8) is 0 Å². The van der Waals surface area contributed by atoms with Gasteiger partial charge in [0.2, 0.25) is 6.08 Å². The summed E-state index contributed by atoms with van der Waals surface area (Å²) in [5, 5.41) is 0. The molecule has 13 heavy (non-hydrogen) atoms. The number of aliphatic imine (C=N–C) groups is 1. The van der Waals surface area contributed by atoms with Crippen molar-refractivity contribution in [2.45, 2.75) is 13.8 Å². The molecule has 0 amide bonds. The molecule has 0 aliphatic rings. The van der Waals surface area contributed by atoms with Crippen molar-refractivity contribution >= 4 is 11.8 Å². The highest BCUT2D eigenvalue weighted by Gasteiger charge is 2.07. The van der Waals surface area contributed by atoms with E-state index in [0.29, 0.717) is 11.4 Å². The minimum atomic E-state index is 0.567. The highest BCUT2D eigenvalue weighted by Crippen LogP contribution is 2.33. The predicted molar refractivity (Wildman–Crippen MR) is 50.2 cm³/mol. The molecule has 0 aromatic heterocycles. The fraction of sp³-hybridized carbons (Fsp3) is 0.300. The van der Waals surface area contributed by atoms with E-state index in [1.807, 2.05) is 26.0 Å². The van der Waals surface area contributed by atoms with Gasteiger partial charge in [0.05, 0.1) is 7.11 Å². The van der Waals surface area contributed by atoms with Crippen molar-refractivity contribution in [2.24, 2.45) is 4.99 Å². The number of hydrogen-bond donors (Lipinski definition) is 0. The lowest BCUT2D eigenvalue weighted by Crippen LogP contribution is -1.89. The highest BCUT2D eigenvalue weighted by molar-refractivity contribution is 5.64. The summed E-state index contributed by atoms with van der Waals surface area (Å²) in [6, 6.07) is 3.83. The van der Waals surface area contributed by atoms with Gasteiger partial charge < -0.3 is 4.74 Å². The van der Waals surface area contributed by atoms with E-state index in [0.717, 1.165) is 11.1 Å². The van der Waals surface area contributed by atoms with Gasteiger partial charge >= 0.3 is 0 Å². The minimum Gasteiger partial charge on any atom is -0.494 e. The number of carbonyl (C=O) groups excluding carboxylic acids is 1. The molecule has 0 radical (unpaired) electrons. The maximum Gasteiger partial charge on any atom is 0.240 e. The van der Waals surface area contributed by atoms with Gasteiger partial charge in [0.15, 0.2) is 0 Å². The Morgan fingerprint density at radius 1 is 1.31 bits per heavy atom. The summed E-state index contributed by atoms with van der Waals surface area (Å²) in [5.74, 6) is 0.642. The highest BCUT2D eigenvalue weighted by atomic mass is 16.5. The minimum absolute atomic E-state index is 0.567. The molecule has 0 aliphatic carbocycles. The Bertz CT molecular complexity index is 365. The van der Waals surface area contributed by atoms with Crippen LogP contribution in [0.2, 0.25) is 0 Å². The van der Waals surface area contributed by atoms with Crippen molar-refractivity contribution in [2.75, 3.05) is 7.11 Å². The Balaban J connectivity index is 3.42. The number of aryl methyl sites for hydroxylation is 2. The molecule has 0 heterocycles. The van der Waals surface area contributed by atoms with Gasteiger partial charge in [-0.2, -0.15) is 4.99 Å². The molecule has 0 unspecified atom stereocenters. The normalized spacial score (nSPS) is 9.15. The van der Waals surface area contributed by atoms with Crippen LogP contribution in [0.15, 0.2) is 17.1 Å². The summed E-state index contributed by atoms with van der Waals surface area (Å²) in [6.07, 6.45) is 1.52. The summed E-state index contributed by atoms with van der Waals surface area (Å²) in [4.78, 5) is 13.8. The molecule has 68 valence electrons. The molecule has 0 aliphatic heterocycles. The lowest BCUT2D eigenvalue weighted by molar-refractivity contribution is 0.412. The van der Waals surface area contributed by atoms with Crippen LogP contribution in [-0.2, 0) is 4.79 Å². The predicted octanol–water partition coefficient (Wildman–Crippen LogP) is 2.28. The van der Waals surface area contributed by atoms with Gasteiger partial charge in [-0.3, -0.25) is 0 Å². The summed E-state index contributed by atoms with van der Waals surface area (Å²) in [5.41, 5.74) is 2.44. The zero-order valence-electron chi connectivity index (χ0n) is 7.92. The van der Waals surface area contributed by atoms with E-state index in [2.05, 4.69) is 4.99 Å². The Morgan fingerprint density at radius 3 is 2.46 bits per heavy atom. The molecule has 1 aromatic rings. The molecule has 0 saturated carbocycles. The molecule has 3 heteroatoms. The molecule has 0 saturated heterocycles. The third-order valence-corrected chi connectivity index (χ3v) is 1.89. The van der Waals surface area contributed by atoms with E-state index in [1.54, 1.807) is 7.11 Å². The number of methoxy groups -OCH3 is 1. The fourth-order valence-corrected chi connectivity index (χ4v) is 1.21. The van der Waals surface area contributed by atoms with Crippen LogP contribution in [0, 0.1) is 13.8 Å². The summed E-state index contributed by atoms with van der Waals surface area (Å²) >= 11 is 0. The van der Waals surface area contributed by atoms with Gasteiger partial charge in [-0.05, 0) is 25.0 Å². The number of rotatable bonds is 2. The fourth-order valence-electron chi connectivity index (χ4n) is 1.21. The maximum absolute atomic E-state index is 10.2. The van der Waals surface area contributed by atoms with Crippen LogP contribution in [0.25, 0.3) is 0 Å². The van der Waals surface area contributed by atoms with Gasteiger partial charge in [0.1, 0.15) is 11.4 Å². The second-order valence-electron chi connectivity index (χ2n) is 2.78. The molecule has 0 bridgehead atoms. The molecule has 0 fully saturated rings. The van der Waals surface area contributed by atoms with Crippen LogP contribution in [-0.4, -0.2) is 13.2 Å². The Hall–Kier alpha value is -1.60. The quantitative estimate of drug-likeness (QED) is 0.513. The summed E-state index contributed by atoms with van der Waals surface area (Å²) < 4.78 is 5.14. The number of ether oxygens (including phenoxy) is 1. The van der Waals surface area contributed by atoms with Crippen LogP contribution in [0.1, 0.15) is 11.1 Å².